The van der Waals surface area contributed by atoms with Gasteiger partial charge in [0.15, 0.2) is 0 Å². The summed E-state index contributed by atoms with van der Waals surface area (Å²) in [6.07, 6.45) is 2.53. The Morgan fingerprint density at radius 1 is 0.857 bits per heavy atom. The third-order valence-corrected chi connectivity index (χ3v) is 6.98. The van der Waals surface area contributed by atoms with Crippen LogP contribution in [0.15, 0.2) is 24.3 Å². The van der Waals surface area contributed by atoms with Gasteiger partial charge in [-0.2, -0.15) is 0 Å². The predicted octanol–water partition coefficient (Wildman–Crippen LogP) is 4.56. The molecule has 4 nitrogen and oxygen atoms in total. The molecule has 3 fully saturated rings. The monoisotopic (exact) mass is 384 g/mol. The van der Waals surface area contributed by atoms with Crippen LogP contribution in [0.25, 0.3) is 0 Å². The van der Waals surface area contributed by atoms with Crippen molar-refractivity contribution in [1.29, 1.82) is 0 Å². The Bertz CT molecular complexity index is 752. The maximum atomic E-state index is 13.3. The molecule has 2 saturated carbocycles. The number of ketones is 2. The van der Waals surface area contributed by atoms with E-state index >= 15 is 0 Å². The summed E-state index contributed by atoms with van der Waals surface area (Å²) in [6.45, 7) is 8.57. The first-order valence-corrected chi connectivity index (χ1v) is 10.5. The topological polar surface area (TPSA) is 52.6 Å². The molecule has 1 aromatic carbocycles. The molecule has 152 valence electrons. The van der Waals surface area contributed by atoms with Crippen LogP contribution >= 0.6 is 0 Å². The minimum absolute atomic E-state index is 0.0649. The molecule has 0 aromatic heterocycles. The number of hydrogen-bond donors (Lipinski definition) is 0. The van der Waals surface area contributed by atoms with Gasteiger partial charge in [-0.15, -0.1) is 0 Å². The fraction of sp³-hybridized carbons (Fsp3) is 0.667. The van der Waals surface area contributed by atoms with Crippen LogP contribution in [0.2, 0.25) is 0 Å². The number of Topliss-reactive ketones (excluding diaryl/α,β-unsaturated/α-hetero) is 2. The van der Waals surface area contributed by atoms with E-state index in [1.807, 2.05) is 24.3 Å². The first kappa shape index (κ1) is 19.6. The van der Waals surface area contributed by atoms with Crippen molar-refractivity contribution < 1.29 is 19.1 Å². The second-order valence-electron chi connectivity index (χ2n) is 10.6. The summed E-state index contributed by atoms with van der Waals surface area (Å²) in [6, 6.07) is 7.88. The van der Waals surface area contributed by atoms with Gasteiger partial charge in [0, 0.05) is 18.8 Å². The van der Waals surface area contributed by atoms with E-state index in [9.17, 15) is 9.59 Å². The lowest BCUT2D eigenvalue weighted by Gasteiger charge is -2.54. The molecule has 0 N–H and O–H groups in total. The lowest BCUT2D eigenvalue weighted by atomic mass is 9.56. The third kappa shape index (κ3) is 3.30. The van der Waals surface area contributed by atoms with Crippen LogP contribution < -0.4 is 4.74 Å². The van der Waals surface area contributed by atoms with Crippen LogP contribution in [0.4, 0.5) is 0 Å². The van der Waals surface area contributed by atoms with Crippen molar-refractivity contribution >= 4 is 11.6 Å². The van der Waals surface area contributed by atoms with E-state index in [2.05, 4.69) is 27.7 Å². The predicted molar refractivity (Wildman–Crippen MR) is 107 cm³/mol. The van der Waals surface area contributed by atoms with Crippen molar-refractivity contribution in [3.63, 3.8) is 0 Å². The van der Waals surface area contributed by atoms with Crippen molar-refractivity contribution in [3.05, 3.63) is 29.8 Å². The molecule has 1 aliphatic heterocycles. The first-order chi connectivity index (χ1) is 13.1. The van der Waals surface area contributed by atoms with Gasteiger partial charge in [0.2, 0.25) is 0 Å². The van der Waals surface area contributed by atoms with E-state index in [-0.39, 0.29) is 52.4 Å². The van der Waals surface area contributed by atoms with Crippen molar-refractivity contribution in [2.45, 2.75) is 71.5 Å². The minimum atomic E-state index is -0.268. The number of hydrogen-bond acceptors (Lipinski definition) is 4. The molecule has 4 rings (SSSR count). The highest BCUT2D eigenvalue weighted by atomic mass is 16.5. The van der Waals surface area contributed by atoms with Crippen LogP contribution in [0.3, 0.4) is 0 Å². The van der Waals surface area contributed by atoms with E-state index in [4.69, 9.17) is 9.47 Å². The molecule has 4 atom stereocenters. The van der Waals surface area contributed by atoms with Gasteiger partial charge in [-0.25, -0.2) is 0 Å². The van der Waals surface area contributed by atoms with Crippen LogP contribution in [-0.2, 0) is 14.3 Å². The smallest absolute Gasteiger partial charge is 0.139 e. The Kier molecular flexibility index (Phi) is 4.69. The molecular formula is C24H32O4. The number of rotatable bonds is 2. The third-order valence-electron chi connectivity index (χ3n) is 6.98. The van der Waals surface area contributed by atoms with Crippen molar-refractivity contribution in [2.75, 3.05) is 7.11 Å². The highest BCUT2D eigenvalue weighted by Gasteiger charge is 2.58. The lowest BCUT2D eigenvalue weighted by molar-refractivity contribution is -0.186. The fourth-order valence-electron chi connectivity index (χ4n) is 5.99. The Balaban J connectivity index is 1.83. The lowest BCUT2D eigenvalue weighted by Crippen LogP contribution is -2.58. The molecular weight excluding hydrogens is 352 g/mol. The quantitative estimate of drug-likeness (QED) is 0.750. The second-order valence-corrected chi connectivity index (χ2v) is 10.6. The number of benzene rings is 1. The molecule has 1 heterocycles. The average molecular weight is 385 g/mol. The van der Waals surface area contributed by atoms with Crippen LogP contribution in [0.1, 0.15) is 64.9 Å². The maximum Gasteiger partial charge on any atom is 0.139 e. The summed E-state index contributed by atoms with van der Waals surface area (Å²) < 4.78 is 12.2. The van der Waals surface area contributed by atoms with E-state index in [0.29, 0.717) is 12.8 Å². The van der Waals surface area contributed by atoms with Gasteiger partial charge < -0.3 is 9.47 Å². The summed E-state index contributed by atoms with van der Waals surface area (Å²) >= 11 is 0. The summed E-state index contributed by atoms with van der Waals surface area (Å²) in [7, 11) is 1.66. The standard InChI is InChI=1S/C24H32O4/c1-23(2)10-15(25)21-18(12-23)28-19-13-24(3,4)11-16(26)22(19)20(21)14-8-6-7-9-17(14)27-5/h6-9,18-22H,10-13H2,1-5H3. The largest absolute Gasteiger partial charge is 0.496 e. The summed E-state index contributed by atoms with van der Waals surface area (Å²) in [5, 5.41) is 0. The van der Waals surface area contributed by atoms with Crippen LogP contribution in [0, 0.1) is 22.7 Å². The molecule has 3 aliphatic rings. The molecule has 4 heteroatoms. The second kappa shape index (κ2) is 6.69. The maximum absolute atomic E-state index is 13.3. The van der Waals surface area contributed by atoms with Crippen LogP contribution in [0.5, 0.6) is 5.75 Å². The summed E-state index contributed by atoms with van der Waals surface area (Å²) in [5.41, 5.74) is 0.856. The van der Waals surface area contributed by atoms with Gasteiger partial charge in [-0.05, 0) is 35.3 Å². The molecule has 1 saturated heterocycles. The van der Waals surface area contributed by atoms with Crippen LogP contribution in [-0.4, -0.2) is 30.9 Å². The molecule has 28 heavy (non-hydrogen) atoms. The fourth-order valence-corrected chi connectivity index (χ4v) is 5.99. The Labute approximate surface area is 168 Å². The van der Waals surface area contributed by atoms with Crippen molar-refractivity contribution in [3.8, 4) is 5.75 Å². The molecule has 4 unspecified atom stereocenters. The van der Waals surface area contributed by atoms with Crippen molar-refractivity contribution in [2.24, 2.45) is 22.7 Å². The molecule has 2 aliphatic carbocycles. The molecule has 0 bridgehead atoms. The van der Waals surface area contributed by atoms with E-state index in [0.717, 1.165) is 24.2 Å². The Morgan fingerprint density at radius 2 is 1.36 bits per heavy atom. The van der Waals surface area contributed by atoms with Gasteiger partial charge in [-0.1, -0.05) is 45.9 Å². The zero-order valence-electron chi connectivity index (χ0n) is 17.7. The number of carbonyl (C=O) groups is 2. The SMILES string of the molecule is COc1ccccc1C1C2C(=O)CC(C)(C)CC2OC2CC(C)(C)CC(=O)C21. The van der Waals surface area contributed by atoms with Gasteiger partial charge in [0.05, 0.1) is 31.2 Å². The summed E-state index contributed by atoms with van der Waals surface area (Å²) in [4.78, 5) is 26.6. The molecule has 0 amide bonds. The minimum Gasteiger partial charge on any atom is -0.496 e. The highest BCUT2D eigenvalue weighted by molar-refractivity contribution is 5.89. The van der Waals surface area contributed by atoms with Crippen molar-refractivity contribution in [1.82, 2.24) is 0 Å². The highest BCUT2D eigenvalue weighted by Crippen LogP contribution is 2.55. The Morgan fingerprint density at radius 3 is 1.86 bits per heavy atom. The van der Waals surface area contributed by atoms with E-state index in [1.54, 1.807) is 7.11 Å². The average Bonchev–Trinajstić information content (AvgIpc) is 2.57. The summed E-state index contributed by atoms with van der Waals surface area (Å²) in [5.74, 6) is 0.530. The molecule has 1 aromatic rings. The first-order valence-electron chi connectivity index (χ1n) is 10.5. The van der Waals surface area contributed by atoms with Gasteiger partial charge >= 0.3 is 0 Å². The Hall–Kier alpha value is -1.68. The van der Waals surface area contributed by atoms with E-state index < -0.39 is 0 Å². The number of ether oxygens (including phenoxy) is 2. The van der Waals surface area contributed by atoms with Gasteiger partial charge in [-0.3, -0.25) is 9.59 Å². The number of carbonyl (C=O) groups excluding carboxylic acids is 2. The van der Waals surface area contributed by atoms with E-state index in [1.165, 1.54) is 0 Å². The number of para-hydroxylation sites is 1. The normalized spacial score (nSPS) is 36.4. The van der Waals surface area contributed by atoms with Gasteiger partial charge in [0.1, 0.15) is 17.3 Å². The van der Waals surface area contributed by atoms with Gasteiger partial charge in [0.25, 0.3) is 0 Å². The zero-order chi connectivity index (χ0) is 20.3. The number of fused-ring (bicyclic) bond motifs is 2. The zero-order valence-corrected chi connectivity index (χ0v) is 17.7. The number of methoxy groups -OCH3 is 1. The molecule has 0 spiro atoms. The molecule has 0 radical (unpaired) electrons.